The Labute approximate surface area is 137 Å². The molecule has 22 heavy (non-hydrogen) atoms. The normalized spacial score (nSPS) is 10.1. The molecule has 0 fully saturated rings. The van der Waals surface area contributed by atoms with Crippen molar-refractivity contribution in [2.24, 2.45) is 0 Å². The minimum Gasteiger partial charge on any atom is -0.342 e. The molecule has 0 aliphatic carbocycles. The minimum atomic E-state index is -0.472. The summed E-state index contributed by atoms with van der Waals surface area (Å²) in [5.74, 6) is -0.832. The molecule has 2 amide bonds. The first-order valence-electron chi connectivity index (χ1n) is 6.42. The van der Waals surface area contributed by atoms with E-state index in [4.69, 9.17) is 23.2 Å². The molecule has 0 atom stereocenters. The van der Waals surface area contributed by atoms with Gasteiger partial charge in [-0.3, -0.25) is 14.6 Å². The van der Waals surface area contributed by atoms with E-state index < -0.39 is 5.91 Å². The van der Waals surface area contributed by atoms with Gasteiger partial charge < -0.3 is 10.6 Å². The molecule has 0 radical (unpaired) electrons. The number of hydrogen-bond acceptors (Lipinski definition) is 3. The summed E-state index contributed by atoms with van der Waals surface area (Å²) in [6, 6.07) is 8.20. The van der Waals surface area contributed by atoms with Gasteiger partial charge in [0, 0.05) is 21.9 Å². The summed E-state index contributed by atoms with van der Waals surface area (Å²) in [7, 11) is 0. The Morgan fingerprint density at radius 3 is 2.73 bits per heavy atom. The summed E-state index contributed by atoms with van der Waals surface area (Å²) in [5.41, 5.74) is 1.52. The van der Waals surface area contributed by atoms with Gasteiger partial charge in [0.2, 0.25) is 5.91 Å². The van der Waals surface area contributed by atoms with Gasteiger partial charge >= 0.3 is 0 Å². The maximum atomic E-state index is 11.9. The first-order valence-corrected chi connectivity index (χ1v) is 7.17. The lowest BCUT2D eigenvalue weighted by molar-refractivity contribution is -0.115. The van der Waals surface area contributed by atoms with Gasteiger partial charge in [0.25, 0.3) is 5.91 Å². The van der Waals surface area contributed by atoms with Crippen LogP contribution in [0.15, 0.2) is 36.5 Å². The number of nitrogens with zero attached hydrogens (tertiary/aromatic N) is 1. The van der Waals surface area contributed by atoms with Crippen molar-refractivity contribution < 1.29 is 9.59 Å². The van der Waals surface area contributed by atoms with Crippen molar-refractivity contribution in [3.63, 3.8) is 0 Å². The van der Waals surface area contributed by atoms with Gasteiger partial charge in [0.1, 0.15) is 5.69 Å². The quantitative estimate of drug-likeness (QED) is 0.900. The van der Waals surface area contributed by atoms with Crippen LogP contribution in [-0.4, -0.2) is 23.3 Å². The van der Waals surface area contributed by atoms with E-state index in [1.807, 2.05) is 0 Å². The molecule has 7 heteroatoms. The maximum absolute atomic E-state index is 11.9. The van der Waals surface area contributed by atoms with Crippen LogP contribution in [-0.2, 0) is 4.79 Å². The van der Waals surface area contributed by atoms with Crippen molar-refractivity contribution in [2.45, 2.75) is 6.92 Å². The average molecular weight is 338 g/mol. The summed E-state index contributed by atoms with van der Waals surface area (Å²) in [5, 5.41) is 6.12. The van der Waals surface area contributed by atoms with E-state index in [1.54, 1.807) is 31.2 Å². The molecule has 2 aromatic rings. The number of amides is 2. The van der Waals surface area contributed by atoms with E-state index in [0.29, 0.717) is 15.7 Å². The van der Waals surface area contributed by atoms with Gasteiger partial charge in [0.15, 0.2) is 0 Å². The second-order valence-electron chi connectivity index (χ2n) is 4.50. The van der Waals surface area contributed by atoms with Crippen LogP contribution in [0.5, 0.6) is 0 Å². The van der Waals surface area contributed by atoms with Crippen molar-refractivity contribution in [3.05, 3.63) is 57.8 Å². The van der Waals surface area contributed by atoms with Crippen LogP contribution in [0, 0.1) is 6.92 Å². The van der Waals surface area contributed by atoms with Crippen LogP contribution in [0.3, 0.4) is 0 Å². The van der Waals surface area contributed by atoms with E-state index in [0.717, 1.165) is 5.56 Å². The molecule has 0 unspecified atom stereocenters. The molecule has 2 N–H and O–H groups in total. The van der Waals surface area contributed by atoms with E-state index >= 15 is 0 Å². The number of anilines is 1. The Balaban J connectivity index is 1.93. The number of carbonyl (C=O) groups is 2. The summed E-state index contributed by atoms with van der Waals surface area (Å²) < 4.78 is 0. The van der Waals surface area contributed by atoms with E-state index in [1.165, 1.54) is 12.3 Å². The summed E-state index contributed by atoms with van der Waals surface area (Å²) >= 11 is 11.8. The SMILES string of the molecule is Cc1c(Cl)cccc1NC(=O)CNC(=O)c1cc(Cl)ccn1. The summed E-state index contributed by atoms with van der Waals surface area (Å²) in [6.07, 6.45) is 1.42. The van der Waals surface area contributed by atoms with Crippen LogP contribution in [0.4, 0.5) is 5.69 Å². The molecule has 0 bridgehead atoms. The fraction of sp³-hybridized carbons (Fsp3) is 0.133. The first-order chi connectivity index (χ1) is 10.5. The molecule has 0 saturated heterocycles. The molecular formula is C15H13Cl2N3O2. The monoisotopic (exact) mass is 337 g/mol. The van der Waals surface area contributed by atoms with Crippen LogP contribution in [0.2, 0.25) is 10.0 Å². The Kier molecular flexibility index (Phi) is 5.35. The standard InChI is InChI=1S/C15H13Cl2N3O2/c1-9-11(17)3-2-4-12(9)20-14(21)8-19-15(22)13-7-10(16)5-6-18-13/h2-7H,8H2,1H3,(H,19,22)(H,20,21). The Hall–Kier alpha value is -2.11. The zero-order valence-electron chi connectivity index (χ0n) is 11.7. The molecule has 0 aliphatic rings. The maximum Gasteiger partial charge on any atom is 0.270 e. The van der Waals surface area contributed by atoms with Crippen LogP contribution < -0.4 is 10.6 Å². The summed E-state index contributed by atoms with van der Waals surface area (Å²) in [4.78, 5) is 27.6. The minimum absolute atomic E-state index is 0.152. The van der Waals surface area contributed by atoms with E-state index in [-0.39, 0.29) is 18.1 Å². The number of carbonyl (C=O) groups excluding carboxylic acids is 2. The lowest BCUT2D eigenvalue weighted by Crippen LogP contribution is -2.33. The van der Waals surface area contributed by atoms with Crippen molar-refractivity contribution in [1.82, 2.24) is 10.3 Å². The molecule has 1 heterocycles. The molecular weight excluding hydrogens is 325 g/mol. The average Bonchev–Trinajstić information content (AvgIpc) is 2.49. The van der Waals surface area contributed by atoms with Crippen LogP contribution in [0.1, 0.15) is 16.1 Å². The molecule has 0 spiro atoms. The van der Waals surface area contributed by atoms with Gasteiger partial charge in [0.05, 0.1) is 6.54 Å². The number of rotatable bonds is 4. The molecule has 114 valence electrons. The Morgan fingerprint density at radius 2 is 2.00 bits per heavy atom. The Morgan fingerprint density at radius 1 is 1.23 bits per heavy atom. The van der Waals surface area contributed by atoms with Crippen LogP contribution >= 0.6 is 23.2 Å². The lowest BCUT2D eigenvalue weighted by Gasteiger charge is -2.10. The highest BCUT2D eigenvalue weighted by molar-refractivity contribution is 6.31. The smallest absolute Gasteiger partial charge is 0.270 e. The van der Waals surface area contributed by atoms with Gasteiger partial charge in [-0.05, 0) is 36.8 Å². The molecule has 1 aromatic heterocycles. The first kappa shape index (κ1) is 16.3. The molecule has 0 saturated carbocycles. The third-order valence-corrected chi connectivity index (χ3v) is 3.55. The third kappa shape index (κ3) is 4.19. The number of nitrogens with one attached hydrogen (secondary N) is 2. The zero-order valence-corrected chi connectivity index (χ0v) is 13.2. The van der Waals surface area contributed by atoms with Crippen molar-refractivity contribution in [2.75, 3.05) is 11.9 Å². The van der Waals surface area contributed by atoms with Crippen molar-refractivity contribution in [3.8, 4) is 0 Å². The zero-order chi connectivity index (χ0) is 16.1. The van der Waals surface area contributed by atoms with Gasteiger partial charge in [-0.15, -0.1) is 0 Å². The molecule has 1 aromatic carbocycles. The second kappa shape index (κ2) is 7.24. The van der Waals surface area contributed by atoms with Crippen molar-refractivity contribution in [1.29, 1.82) is 0 Å². The van der Waals surface area contributed by atoms with Crippen molar-refractivity contribution >= 4 is 40.7 Å². The highest BCUT2D eigenvalue weighted by atomic mass is 35.5. The fourth-order valence-corrected chi connectivity index (χ4v) is 2.05. The van der Waals surface area contributed by atoms with Gasteiger partial charge in [-0.1, -0.05) is 29.3 Å². The number of hydrogen-bond donors (Lipinski definition) is 2. The van der Waals surface area contributed by atoms with Crippen LogP contribution in [0.25, 0.3) is 0 Å². The highest BCUT2D eigenvalue weighted by Crippen LogP contribution is 2.22. The molecule has 0 aliphatic heterocycles. The Bertz CT molecular complexity index is 720. The number of pyridine rings is 1. The third-order valence-electron chi connectivity index (χ3n) is 2.91. The van der Waals surface area contributed by atoms with E-state index in [2.05, 4.69) is 15.6 Å². The second-order valence-corrected chi connectivity index (χ2v) is 5.35. The number of aromatic nitrogens is 1. The lowest BCUT2D eigenvalue weighted by atomic mass is 10.2. The predicted molar refractivity (Wildman–Crippen MR) is 86.4 cm³/mol. The number of benzene rings is 1. The van der Waals surface area contributed by atoms with E-state index in [9.17, 15) is 9.59 Å². The molecule has 2 rings (SSSR count). The highest BCUT2D eigenvalue weighted by Gasteiger charge is 2.11. The number of halogens is 2. The van der Waals surface area contributed by atoms with Gasteiger partial charge in [-0.25, -0.2) is 0 Å². The predicted octanol–water partition coefficient (Wildman–Crippen LogP) is 3.07. The molecule has 5 nitrogen and oxygen atoms in total. The largest absolute Gasteiger partial charge is 0.342 e. The fourth-order valence-electron chi connectivity index (χ4n) is 1.72. The topological polar surface area (TPSA) is 71.1 Å². The van der Waals surface area contributed by atoms with Gasteiger partial charge in [-0.2, -0.15) is 0 Å². The summed E-state index contributed by atoms with van der Waals surface area (Å²) in [6.45, 7) is 1.62.